The molecule has 2 nitrogen and oxygen atoms in total. The summed E-state index contributed by atoms with van der Waals surface area (Å²) in [5.74, 6) is 0.293. The Hall–Kier alpha value is -0.370. The summed E-state index contributed by atoms with van der Waals surface area (Å²) < 4.78 is 5.07. The van der Waals surface area contributed by atoms with Crippen molar-refractivity contribution < 1.29 is 9.53 Å². The lowest BCUT2D eigenvalue weighted by Crippen LogP contribution is -2.39. The zero-order valence-electron chi connectivity index (χ0n) is 7.14. The molecule has 0 aliphatic carbocycles. The molecule has 1 heterocycles. The average molecular weight is 156 g/mol. The molecule has 1 aliphatic heterocycles. The quantitative estimate of drug-likeness (QED) is 0.568. The first kappa shape index (κ1) is 8.72. The van der Waals surface area contributed by atoms with Crippen molar-refractivity contribution in [2.45, 2.75) is 45.1 Å². The summed E-state index contributed by atoms with van der Waals surface area (Å²) in [5.41, 5.74) is 0. The molecule has 1 atom stereocenters. The maximum Gasteiger partial charge on any atom is 0.187 e. The van der Waals surface area contributed by atoms with Gasteiger partial charge in [0, 0.05) is 0 Å². The molecule has 0 aromatic heterocycles. The van der Waals surface area contributed by atoms with Gasteiger partial charge in [-0.3, -0.25) is 4.79 Å². The van der Waals surface area contributed by atoms with Gasteiger partial charge < -0.3 is 4.74 Å². The normalized spacial score (nSPS) is 23.4. The maximum absolute atomic E-state index is 10.8. The van der Waals surface area contributed by atoms with Gasteiger partial charge >= 0.3 is 0 Å². The van der Waals surface area contributed by atoms with Gasteiger partial charge in [-0.2, -0.15) is 0 Å². The highest BCUT2D eigenvalue weighted by Crippen LogP contribution is 2.15. The molecule has 64 valence electrons. The molecule has 0 amide bonds. The SMILES string of the molecule is CCCCCCC1OCC1=O. The Morgan fingerprint density at radius 1 is 1.45 bits per heavy atom. The summed E-state index contributed by atoms with van der Waals surface area (Å²) in [7, 11) is 0. The number of rotatable bonds is 5. The highest BCUT2D eigenvalue weighted by atomic mass is 16.5. The minimum atomic E-state index is -0.0353. The van der Waals surface area contributed by atoms with Crippen LogP contribution in [0.3, 0.4) is 0 Å². The zero-order valence-corrected chi connectivity index (χ0v) is 7.14. The van der Waals surface area contributed by atoms with Crippen molar-refractivity contribution in [3.63, 3.8) is 0 Å². The molecular weight excluding hydrogens is 140 g/mol. The van der Waals surface area contributed by atoms with Gasteiger partial charge in [0.1, 0.15) is 12.7 Å². The van der Waals surface area contributed by atoms with Crippen molar-refractivity contribution in [1.82, 2.24) is 0 Å². The molecule has 1 rings (SSSR count). The van der Waals surface area contributed by atoms with Crippen LogP contribution in [0, 0.1) is 0 Å². The molecule has 1 saturated heterocycles. The van der Waals surface area contributed by atoms with Crippen LogP contribution < -0.4 is 0 Å². The Kier molecular flexibility index (Phi) is 3.57. The highest BCUT2D eigenvalue weighted by Gasteiger charge is 2.27. The molecule has 11 heavy (non-hydrogen) atoms. The molecular formula is C9H16O2. The van der Waals surface area contributed by atoms with E-state index in [1.54, 1.807) is 0 Å². The van der Waals surface area contributed by atoms with Crippen LogP contribution in [-0.2, 0) is 9.53 Å². The Bertz CT molecular complexity index is 132. The first-order valence-corrected chi connectivity index (χ1v) is 4.49. The van der Waals surface area contributed by atoms with Crippen LogP contribution in [0.4, 0.5) is 0 Å². The Balaban J connectivity index is 1.91. The van der Waals surface area contributed by atoms with E-state index in [9.17, 15) is 4.79 Å². The van der Waals surface area contributed by atoms with Gasteiger partial charge in [-0.15, -0.1) is 0 Å². The van der Waals surface area contributed by atoms with Crippen LogP contribution in [-0.4, -0.2) is 18.5 Å². The number of Topliss-reactive ketones (excluding diaryl/α,β-unsaturated/α-hetero) is 1. The fourth-order valence-electron chi connectivity index (χ4n) is 1.27. The van der Waals surface area contributed by atoms with E-state index in [1.165, 1.54) is 19.3 Å². The number of unbranched alkanes of at least 4 members (excludes halogenated alkanes) is 3. The van der Waals surface area contributed by atoms with E-state index >= 15 is 0 Å². The fraction of sp³-hybridized carbons (Fsp3) is 0.889. The second-order valence-electron chi connectivity index (χ2n) is 3.12. The smallest absolute Gasteiger partial charge is 0.187 e. The molecule has 2 heteroatoms. The Labute approximate surface area is 67.9 Å². The summed E-state index contributed by atoms with van der Waals surface area (Å²) >= 11 is 0. The van der Waals surface area contributed by atoms with Crippen LogP contribution in [0.25, 0.3) is 0 Å². The van der Waals surface area contributed by atoms with Crippen molar-refractivity contribution >= 4 is 5.78 Å². The predicted molar refractivity (Wildman–Crippen MR) is 43.5 cm³/mol. The molecule has 0 aromatic carbocycles. The van der Waals surface area contributed by atoms with Crippen molar-refractivity contribution in [2.24, 2.45) is 0 Å². The third-order valence-electron chi connectivity index (χ3n) is 2.11. The summed E-state index contributed by atoms with van der Waals surface area (Å²) in [4.78, 5) is 10.8. The third-order valence-corrected chi connectivity index (χ3v) is 2.11. The number of ether oxygens (including phenoxy) is 1. The summed E-state index contributed by atoms with van der Waals surface area (Å²) in [5, 5.41) is 0. The van der Waals surface area contributed by atoms with Crippen LogP contribution in [0.5, 0.6) is 0 Å². The van der Waals surface area contributed by atoms with Gasteiger partial charge in [0.2, 0.25) is 0 Å². The van der Waals surface area contributed by atoms with Gasteiger partial charge in [0.15, 0.2) is 5.78 Å². The van der Waals surface area contributed by atoms with Gasteiger partial charge in [0.25, 0.3) is 0 Å². The average Bonchev–Trinajstić information content (AvgIpc) is 2.02. The van der Waals surface area contributed by atoms with Crippen molar-refractivity contribution in [3.8, 4) is 0 Å². The van der Waals surface area contributed by atoms with Gasteiger partial charge in [-0.1, -0.05) is 32.6 Å². The van der Waals surface area contributed by atoms with Gasteiger partial charge in [-0.05, 0) is 6.42 Å². The topological polar surface area (TPSA) is 26.3 Å². The number of hydrogen-bond donors (Lipinski definition) is 0. The lowest BCUT2D eigenvalue weighted by Gasteiger charge is -2.24. The second kappa shape index (κ2) is 4.50. The maximum atomic E-state index is 10.8. The van der Waals surface area contributed by atoms with E-state index in [4.69, 9.17) is 4.74 Å². The minimum absolute atomic E-state index is 0.0353. The van der Waals surface area contributed by atoms with E-state index in [0.29, 0.717) is 12.4 Å². The first-order chi connectivity index (χ1) is 5.34. The molecule has 0 N–H and O–H groups in total. The van der Waals surface area contributed by atoms with E-state index in [2.05, 4.69) is 6.92 Å². The van der Waals surface area contributed by atoms with Gasteiger partial charge in [-0.25, -0.2) is 0 Å². The van der Waals surface area contributed by atoms with Crippen molar-refractivity contribution in [3.05, 3.63) is 0 Å². The standard InChI is InChI=1S/C9H16O2/c1-2-3-4-5-6-9-8(10)7-11-9/h9H,2-7H2,1H3. The first-order valence-electron chi connectivity index (χ1n) is 4.49. The lowest BCUT2D eigenvalue weighted by molar-refractivity contribution is -0.155. The highest BCUT2D eigenvalue weighted by molar-refractivity contribution is 5.88. The van der Waals surface area contributed by atoms with Gasteiger partial charge in [0.05, 0.1) is 0 Å². The number of carbonyl (C=O) groups is 1. The lowest BCUT2D eigenvalue weighted by atomic mass is 10.0. The number of ketones is 1. The fourth-order valence-corrected chi connectivity index (χ4v) is 1.27. The predicted octanol–water partition coefficient (Wildman–Crippen LogP) is 1.92. The molecule has 0 aromatic rings. The number of carbonyl (C=O) groups excluding carboxylic acids is 1. The van der Waals surface area contributed by atoms with E-state index in [1.807, 2.05) is 0 Å². The Morgan fingerprint density at radius 3 is 2.73 bits per heavy atom. The summed E-state index contributed by atoms with van der Waals surface area (Å²) in [6.07, 6.45) is 5.82. The van der Waals surface area contributed by atoms with Crippen molar-refractivity contribution in [1.29, 1.82) is 0 Å². The second-order valence-corrected chi connectivity index (χ2v) is 3.12. The summed E-state index contributed by atoms with van der Waals surface area (Å²) in [6.45, 7) is 2.55. The monoisotopic (exact) mass is 156 g/mol. The molecule has 0 saturated carbocycles. The number of hydrogen-bond acceptors (Lipinski definition) is 2. The van der Waals surface area contributed by atoms with Crippen molar-refractivity contribution in [2.75, 3.05) is 6.61 Å². The van der Waals surface area contributed by atoms with Crippen LogP contribution in [0.15, 0.2) is 0 Å². The van der Waals surface area contributed by atoms with E-state index in [0.717, 1.165) is 12.8 Å². The van der Waals surface area contributed by atoms with Crippen LogP contribution in [0.2, 0.25) is 0 Å². The molecule has 1 fully saturated rings. The molecule has 0 radical (unpaired) electrons. The van der Waals surface area contributed by atoms with E-state index in [-0.39, 0.29) is 6.10 Å². The minimum Gasteiger partial charge on any atom is -0.362 e. The van der Waals surface area contributed by atoms with Crippen LogP contribution in [0.1, 0.15) is 39.0 Å². The summed E-state index contributed by atoms with van der Waals surface area (Å²) in [6, 6.07) is 0. The molecule has 0 bridgehead atoms. The van der Waals surface area contributed by atoms with Crippen LogP contribution >= 0.6 is 0 Å². The zero-order chi connectivity index (χ0) is 8.10. The largest absolute Gasteiger partial charge is 0.362 e. The third kappa shape index (κ3) is 2.62. The van der Waals surface area contributed by atoms with E-state index < -0.39 is 0 Å². The Morgan fingerprint density at radius 2 is 2.27 bits per heavy atom. The molecule has 1 unspecified atom stereocenters. The molecule has 0 spiro atoms. The molecule has 1 aliphatic rings.